The lowest BCUT2D eigenvalue weighted by atomic mass is 10.1. The van der Waals surface area contributed by atoms with Crippen molar-refractivity contribution in [2.45, 2.75) is 25.7 Å². The number of hydrogen-bond donors (Lipinski definition) is 2. The number of nitrogen functional groups attached to an aromatic ring is 1. The first-order valence-corrected chi connectivity index (χ1v) is 7.81. The molecular formula is C17H20N2OS. The van der Waals surface area contributed by atoms with Gasteiger partial charge in [0.25, 0.3) is 0 Å². The van der Waals surface area contributed by atoms with Gasteiger partial charge < -0.3 is 11.1 Å². The molecule has 0 saturated heterocycles. The molecule has 0 unspecified atom stereocenters. The predicted octanol–water partition coefficient (Wildman–Crippen LogP) is 3.92. The Bertz CT molecular complexity index is 668. The van der Waals surface area contributed by atoms with Crippen molar-refractivity contribution in [3.05, 3.63) is 53.1 Å². The number of aryl methyl sites for hydroxylation is 2. The highest BCUT2D eigenvalue weighted by Crippen LogP contribution is 2.24. The summed E-state index contributed by atoms with van der Waals surface area (Å²) in [5.74, 6) is 0.367. The van der Waals surface area contributed by atoms with E-state index in [1.165, 1.54) is 11.1 Å². The largest absolute Gasteiger partial charge is 0.398 e. The zero-order valence-corrected chi connectivity index (χ0v) is 13.4. The van der Waals surface area contributed by atoms with E-state index < -0.39 is 0 Å². The van der Waals surface area contributed by atoms with Crippen LogP contribution >= 0.6 is 11.8 Å². The molecule has 0 radical (unpaired) electrons. The number of benzene rings is 2. The fourth-order valence-electron chi connectivity index (χ4n) is 2.08. The Kier molecular flexibility index (Phi) is 4.91. The number of amides is 1. The van der Waals surface area contributed by atoms with Gasteiger partial charge in [0, 0.05) is 16.3 Å². The van der Waals surface area contributed by atoms with E-state index in [1.54, 1.807) is 11.8 Å². The maximum Gasteiger partial charge on any atom is 0.234 e. The summed E-state index contributed by atoms with van der Waals surface area (Å²) in [5.41, 5.74) is 10.6. The van der Waals surface area contributed by atoms with Crippen molar-refractivity contribution in [3.8, 4) is 0 Å². The van der Waals surface area contributed by atoms with E-state index in [9.17, 15) is 4.79 Å². The molecule has 0 heterocycles. The number of carbonyl (C=O) groups is 1. The van der Waals surface area contributed by atoms with Gasteiger partial charge in [-0.05, 0) is 50.1 Å². The summed E-state index contributed by atoms with van der Waals surface area (Å²) < 4.78 is 0. The third kappa shape index (κ3) is 4.02. The SMILES string of the molecule is Cc1ccc(SCC(=O)Nc2cccc(N)c2C)c(C)c1. The number of carbonyl (C=O) groups excluding carboxylic acids is 1. The van der Waals surface area contributed by atoms with E-state index in [0.29, 0.717) is 11.4 Å². The average Bonchev–Trinajstić information content (AvgIpc) is 2.43. The summed E-state index contributed by atoms with van der Waals surface area (Å²) in [5, 5.41) is 2.91. The van der Waals surface area contributed by atoms with Gasteiger partial charge >= 0.3 is 0 Å². The molecule has 0 spiro atoms. The van der Waals surface area contributed by atoms with Gasteiger partial charge in [0.2, 0.25) is 5.91 Å². The highest BCUT2D eigenvalue weighted by atomic mass is 32.2. The molecule has 2 rings (SSSR count). The van der Waals surface area contributed by atoms with Crippen LogP contribution in [0.4, 0.5) is 11.4 Å². The van der Waals surface area contributed by atoms with Gasteiger partial charge in [-0.2, -0.15) is 0 Å². The number of hydrogen-bond acceptors (Lipinski definition) is 3. The molecule has 0 aromatic heterocycles. The van der Waals surface area contributed by atoms with E-state index in [-0.39, 0.29) is 5.91 Å². The van der Waals surface area contributed by atoms with Crippen LogP contribution in [0.25, 0.3) is 0 Å². The maximum atomic E-state index is 12.1. The Balaban J connectivity index is 1.97. The molecule has 1 amide bonds. The fourth-order valence-corrected chi connectivity index (χ4v) is 2.89. The molecule has 0 atom stereocenters. The van der Waals surface area contributed by atoms with Gasteiger partial charge in [0.15, 0.2) is 0 Å². The zero-order valence-electron chi connectivity index (χ0n) is 12.6. The lowest BCUT2D eigenvalue weighted by molar-refractivity contribution is -0.113. The normalized spacial score (nSPS) is 10.4. The van der Waals surface area contributed by atoms with Crippen LogP contribution in [0.2, 0.25) is 0 Å². The number of nitrogens with one attached hydrogen (secondary N) is 1. The van der Waals surface area contributed by atoms with Crippen molar-refractivity contribution in [1.29, 1.82) is 0 Å². The highest BCUT2D eigenvalue weighted by molar-refractivity contribution is 8.00. The van der Waals surface area contributed by atoms with Crippen LogP contribution in [0.5, 0.6) is 0 Å². The third-order valence-electron chi connectivity index (χ3n) is 3.34. The Labute approximate surface area is 129 Å². The molecule has 4 heteroatoms. The third-order valence-corrected chi connectivity index (χ3v) is 4.51. The van der Waals surface area contributed by atoms with Crippen LogP contribution in [0.3, 0.4) is 0 Å². The molecule has 110 valence electrons. The monoisotopic (exact) mass is 300 g/mol. The van der Waals surface area contributed by atoms with Crippen LogP contribution in [0.1, 0.15) is 16.7 Å². The maximum absolute atomic E-state index is 12.1. The van der Waals surface area contributed by atoms with E-state index in [2.05, 4.69) is 37.4 Å². The second kappa shape index (κ2) is 6.68. The van der Waals surface area contributed by atoms with Crippen LogP contribution in [-0.4, -0.2) is 11.7 Å². The molecule has 0 saturated carbocycles. The van der Waals surface area contributed by atoms with Gasteiger partial charge in [-0.1, -0.05) is 23.8 Å². The van der Waals surface area contributed by atoms with Gasteiger partial charge in [-0.25, -0.2) is 0 Å². The minimum atomic E-state index is -0.0197. The second-order valence-electron chi connectivity index (χ2n) is 5.13. The molecule has 0 aliphatic rings. The number of anilines is 2. The Hall–Kier alpha value is -1.94. The number of nitrogens with two attached hydrogens (primary N) is 1. The van der Waals surface area contributed by atoms with Crippen molar-refractivity contribution in [3.63, 3.8) is 0 Å². The quantitative estimate of drug-likeness (QED) is 0.664. The first-order valence-electron chi connectivity index (χ1n) is 6.82. The van der Waals surface area contributed by atoms with Crippen LogP contribution in [-0.2, 0) is 4.79 Å². The summed E-state index contributed by atoms with van der Waals surface area (Å²) in [6, 6.07) is 11.8. The van der Waals surface area contributed by atoms with E-state index in [4.69, 9.17) is 5.73 Å². The molecule has 0 aliphatic heterocycles. The second-order valence-corrected chi connectivity index (χ2v) is 6.14. The summed E-state index contributed by atoms with van der Waals surface area (Å²) in [4.78, 5) is 13.2. The molecule has 0 fully saturated rings. The van der Waals surface area contributed by atoms with E-state index in [0.717, 1.165) is 16.1 Å². The summed E-state index contributed by atoms with van der Waals surface area (Å²) in [6.45, 7) is 6.04. The molecule has 3 nitrogen and oxygen atoms in total. The average molecular weight is 300 g/mol. The molecule has 2 aromatic rings. The first-order chi connectivity index (χ1) is 9.97. The summed E-state index contributed by atoms with van der Waals surface area (Å²) in [6.07, 6.45) is 0. The topological polar surface area (TPSA) is 55.1 Å². The summed E-state index contributed by atoms with van der Waals surface area (Å²) >= 11 is 1.55. The predicted molar refractivity (Wildman–Crippen MR) is 90.9 cm³/mol. The molecule has 0 bridgehead atoms. The van der Waals surface area contributed by atoms with E-state index in [1.807, 2.05) is 25.1 Å². The van der Waals surface area contributed by atoms with Crippen LogP contribution in [0, 0.1) is 20.8 Å². The Morgan fingerprint density at radius 1 is 1.19 bits per heavy atom. The minimum Gasteiger partial charge on any atom is -0.398 e. The smallest absolute Gasteiger partial charge is 0.234 e. The first kappa shape index (κ1) is 15.4. The number of rotatable bonds is 4. The standard InChI is InChI=1S/C17H20N2OS/c1-11-7-8-16(12(2)9-11)21-10-17(20)19-15-6-4-5-14(18)13(15)3/h4-9H,10,18H2,1-3H3,(H,19,20). The molecule has 21 heavy (non-hydrogen) atoms. The highest BCUT2D eigenvalue weighted by Gasteiger charge is 2.08. The van der Waals surface area contributed by atoms with Crippen molar-refractivity contribution in [2.75, 3.05) is 16.8 Å². The minimum absolute atomic E-state index is 0.0197. The van der Waals surface area contributed by atoms with Crippen molar-refractivity contribution >= 4 is 29.0 Å². The van der Waals surface area contributed by atoms with Gasteiger partial charge in [-0.3, -0.25) is 4.79 Å². The van der Waals surface area contributed by atoms with E-state index >= 15 is 0 Å². The van der Waals surface area contributed by atoms with Crippen molar-refractivity contribution < 1.29 is 4.79 Å². The number of thioether (sulfide) groups is 1. The lowest BCUT2D eigenvalue weighted by Gasteiger charge is -2.10. The van der Waals surface area contributed by atoms with Gasteiger partial charge in [0.05, 0.1) is 5.75 Å². The fraction of sp³-hybridized carbons (Fsp3) is 0.235. The molecule has 0 aliphatic carbocycles. The molecule has 2 aromatic carbocycles. The molecule has 3 N–H and O–H groups in total. The van der Waals surface area contributed by atoms with Crippen LogP contribution < -0.4 is 11.1 Å². The Morgan fingerprint density at radius 2 is 1.95 bits per heavy atom. The molecular weight excluding hydrogens is 280 g/mol. The van der Waals surface area contributed by atoms with Crippen LogP contribution in [0.15, 0.2) is 41.3 Å². The summed E-state index contributed by atoms with van der Waals surface area (Å²) in [7, 11) is 0. The van der Waals surface area contributed by atoms with Crippen molar-refractivity contribution in [2.24, 2.45) is 0 Å². The van der Waals surface area contributed by atoms with Gasteiger partial charge in [-0.15, -0.1) is 11.8 Å². The lowest BCUT2D eigenvalue weighted by Crippen LogP contribution is -2.15. The Morgan fingerprint density at radius 3 is 2.67 bits per heavy atom. The zero-order chi connectivity index (χ0) is 15.4. The van der Waals surface area contributed by atoms with Crippen molar-refractivity contribution in [1.82, 2.24) is 0 Å². The van der Waals surface area contributed by atoms with Gasteiger partial charge in [0.1, 0.15) is 0 Å².